The predicted octanol–water partition coefficient (Wildman–Crippen LogP) is 1.97. The van der Waals surface area contributed by atoms with E-state index in [1.54, 1.807) is 13.8 Å². The molecule has 0 aliphatic carbocycles. The van der Waals surface area contributed by atoms with Crippen LogP contribution < -0.4 is 0 Å². The molecule has 0 saturated carbocycles. The average molecular weight is 190 g/mol. The van der Waals surface area contributed by atoms with Crippen LogP contribution in [0.2, 0.25) is 0 Å². The quantitative estimate of drug-likeness (QED) is 0.724. The largest absolute Gasteiger partial charge is 0.390 e. The van der Waals surface area contributed by atoms with Crippen molar-refractivity contribution in [2.24, 2.45) is 0 Å². The second kappa shape index (κ2) is 7.92. The number of rotatable bonds is 2. The second-order valence-corrected chi connectivity index (χ2v) is 3.60. The minimum Gasteiger partial charge on any atom is -0.390 e. The van der Waals surface area contributed by atoms with E-state index in [2.05, 4.69) is 0 Å². The van der Waals surface area contributed by atoms with Gasteiger partial charge in [0, 0.05) is 6.42 Å². The zero-order valence-electron chi connectivity index (χ0n) is 8.47. The summed E-state index contributed by atoms with van der Waals surface area (Å²) in [6, 6.07) is 0. The number of aliphatic hydroxyl groups is 1. The number of ketones is 2. The molecule has 3 nitrogen and oxygen atoms in total. The maximum Gasteiger partial charge on any atom is 0.132 e. The molecule has 0 aliphatic rings. The van der Waals surface area contributed by atoms with Crippen molar-refractivity contribution < 1.29 is 14.7 Å². The van der Waals surface area contributed by atoms with Crippen LogP contribution in [0.1, 0.15) is 48.5 Å². The summed E-state index contributed by atoms with van der Waals surface area (Å²) in [6.07, 6.45) is 0.243. The molecule has 0 aromatic heterocycles. The Morgan fingerprint density at radius 2 is 1.38 bits per heavy atom. The van der Waals surface area contributed by atoms with Gasteiger partial charge in [0.2, 0.25) is 0 Å². The van der Waals surface area contributed by atoms with E-state index in [1.165, 1.54) is 20.8 Å². The molecular formula is C10H22O3. The van der Waals surface area contributed by atoms with Gasteiger partial charge in [0.25, 0.3) is 0 Å². The number of Topliss-reactive ketones (excluding diaryl/α,β-unsaturated/α-hetero) is 2. The van der Waals surface area contributed by atoms with Crippen molar-refractivity contribution in [3.8, 4) is 0 Å². The van der Waals surface area contributed by atoms with E-state index in [-0.39, 0.29) is 25.4 Å². The van der Waals surface area contributed by atoms with Gasteiger partial charge in [0.05, 0.1) is 5.60 Å². The summed E-state index contributed by atoms with van der Waals surface area (Å²) >= 11 is 0. The Bertz CT molecular complexity index is 150. The van der Waals surface area contributed by atoms with Crippen LogP contribution in [0.15, 0.2) is 0 Å². The van der Waals surface area contributed by atoms with E-state index in [0.717, 1.165) is 0 Å². The zero-order chi connectivity index (χ0) is 10.4. The Balaban J connectivity index is -0.000000173. The Labute approximate surface area is 81.2 Å². The van der Waals surface area contributed by atoms with E-state index in [0.29, 0.717) is 0 Å². The van der Waals surface area contributed by atoms with E-state index in [4.69, 9.17) is 5.11 Å². The lowest BCUT2D eigenvalue weighted by atomic mass is 10.0. The molecule has 80 valence electrons. The molecular weight excluding hydrogens is 168 g/mol. The fourth-order valence-electron chi connectivity index (χ4n) is 0.609. The molecule has 0 bridgehead atoms. The Hall–Kier alpha value is -0.700. The Kier molecular flexibility index (Phi) is 11.1. The normalized spacial score (nSPS) is 9.08. The summed E-state index contributed by atoms with van der Waals surface area (Å²) in [5, 5.41) is 8.97. The Morgan fingerprint density at radius 3 is 1.38 bits per heavy atom. The first kappa shape index (κ1) is 18.2. The fourth-order valence-corrected chi connectivity index (χ4v) is 0.609. The molecule has 0 aromatic rings. The molecule has 0 unspecified atom stereocenters. The van der Waals surface area contributed by atoms with Crippen molar-refractivity contribution in [1.29, 1.82) is 0 Å². The standard InChI is InChI=1S/C6H12O2.C3H6O.CH4/c1-5(7)4-6(2,3)8;1-3(2)4;/h8H,4H2,1-3H3;1-2H3;1H4. The molecule has 0 radical (unpaired) electrons. The van der Waals surface area contributed by atoms with Crippen molar-refractivity contribution >= 4 is 11.6 Å². The van der Waals surface area contributed by atoms with Gasteiger partial charge in [-0.25, -0.2) is 0 Å². The van der Waals surface area contributed by atoms with Gasteiger partial charge in [-0.15, -0.1) is 0 Å². The highest BCUT2D eigenvalue weighted by Gasteiger charge is 2.13. The highest BCUT2D eigenvalue weighted by molar-refractivity contribution is 5.76. The molecule has 3 heteroatoms. The SMILES string of the molecule is C.CC(=O)CC(C)(C)O.CC(C)=O. The van der Waals surface area contributed by atoms with Crippen LogP contribution in [-0.4, -0.2) is 22.3 Å². The first-order valence-corrected chi connectivity index (χ1v) is 3.84. The topological polar surface area (TPSA) is 54.4 Å². The third-order valence-corrected chi connectivity index (χ3v) is 0.682. The Morgan fingerprint density at radius 1 is 1.15 bits per heavy atom. The van der Waals surface area contributed by atoms with Crippen molar-refractivity contribution in [3.05, 3.63) is 0 Å². The molecule has 0 atom stereocenters. The van der Waals surface area contributed by atoms with Gasteiger partial charge < -0.3 is 9.90 Å². The molecule has 0 aromatic carbocycles. The van der Waals surface area contributed by atoms with E-state index in [1.807, 2.05) is 0 Å². The van der Waals surface area contributed by atoms with Gasteiger partial charge in [-0.3, -0.25) is 4.79 Å². The lowest BCUT2D eigenvalue weighted by Crippen LogP contribution is -2.21. The molecule has 0 heterocycles. The third kappa shape index (κ3) is 52.9. The lowest BCUT2D eigenvalue weighted by Gasteiger charge is -2.13. The summed E-state index contributed by atoms with van der Waals surface area (Å²) < 4.78 is 0. The van der Waals surface area contributed by atoms with Gasteiger partial charge in [0.1, 0.15) is 11.6 Å². The monoisotopic (exact) mass is 190 g/mol. The lowest BCUT2D eigenvalue weighted by molar-refractivity contribution is -0.120. The molecule has 0 amide bonds. The summed E-state index contributed by atoms with van der Waals surface area (Å²) in [7, 11) is 0. The van der Waals surface area contributed by atoms with Gasteiger partial charge in [-0.1, -0.05) is 7.43 Å². The van der Waals surface area contributed by atoms with Crippen LogP contribution in [0.4, 0.5) is 0 Å². The van der Waals surface area contributed by atoms with E-state index < -0.39 is 5.60 Å². The smallest absolute Gasteiger partial charge is 0.132 e. The summed E-state index contributed by atoms with van der Waals surface area (Å²) in [5.74, 6) is 0.192. The molecule has 0 rings (SSSR count). The second-order valence-electron chi connectivity index (χ2n) is 3.60. The summed E-state index contributed by atoms with van der Waals surface area (Å²) in [4.78, 5) is 19.7. The van der Waals surface area contributed by atoms with Crippen molar-refractivity contribution in [1.82, 2.24) is 0 Å². The molecule has 0 spiro atoms. The first-order chi connectivity index (χ1) is 5.15. The van der Waals surface area contributed by atoms with Gasteiger partial charge in [-0.2, -0.15) is 0 Å². The molecule has 13 heavy (non-hydrogen) atoms. The minimum atomic E-state index is -0.828. The molecule has 0 fully saturated rings. The van der Waals surface area contributed by atoms with Gasteiger partial charge in [-0.05, 0) is 34.6 Å². The number of carbonyl (C=O) groups excluding carboxylic acids is 2. The third-order valence-electron chi connectivity index (χ3n) is 0.682. The average Bonchev–Trinajstić information content (AvgIpc) is 1.52. The zero-order valence-corrected chi connectivity index (χ0v) is 8.47. The molecule has 0 saturated heterocycles. The first-order valence-electron chi connectivity index (χ1n) is 3.84. The number of carbonyl (C=O) groups is 2. The maximum atomic E-state index is 10.3. The van der Waals surface area contributed by atoms with E-state index in [9.17, 15) is 9.59 Å². The van der Waals surface area contributed by atoms with Crippen LogP contribution in [0.3, 0.4) is 0 Å². The minimum absolute atomic E-state index is 0. The van der Waals surface area contributed by atoms with E-state index >= 15 is 0 Å². The van der Waals surface area contributed by atoms with Crippen LogP contribution in [-0.2, 0) is 9.59 Å². The predicted molar refractivity (Wildman–Crippen MR) is 54.7 cm³/mol. The van der Waals surface area contributed by atoms with Crippen LogP contribution in [0, 0.1) is 0 Å². The number of hydrogen-bond acceptors (Lipinski definition) is 3. The highest BCUT2D eigenvalue weighted by Crippen LogP contribution is 2.06. The van der Waals surface area contributed by atoms with Crippen molar-refractivity contribution in [2.75, 3.05) is 0 Å². The van der Waals surface area contributed by atoms with Crippen molar-refractivity contribution in [3.63, 3.8) is 0 Å². The molecule has 0 aliphatic heterocycles. The van der Waals surface area contributed by atoms with Crippen molar-refractivity contribution in [2.45, 2.75) is 54.1 Å². The van der Waals surface area contributed by atoms with Crippen LogP contribution in [0.5, 0.6) is 0 Å². The fraction of sp³-hybridized carbons (Fsp3) is 0.800. The maximum absolute atomic E-state index is 10.3. The summed E-state index contributed by atoms with van der Waals surface area (Å²) in [6.45, 7) is 7.76. The van der Waals surface area contributed by atoms with Gasteiger partial charge in [0.15, 0.2) is 0 Å². The van der Waals surface area contributed by atoms with Gasteiger partial charge >= 0.3 is 0 Å². The van der Waals surface area contributed by atoms with Crippen LogP contribution in [0.25, 0.3) is 0 Å². The summed E-state index contributed by atoms with van der Waals surface area (Å²) in [5.41, 5.74) is -0.828. The molecule has 1 N–H and O–H groups in total. The highest BCUT2D eigenvalue weighted by atomic mass is 16.3. The van der Waals surface area contributed by atoms with Crippen LogP contribution >= 0.6 is 0 Å². The number of hydrogen-bond donors (Lipinski definition) is 1.